The molecule has 8 heteroatoms. The summed E-state index contributed by atoms with van der Waals surface area (Å²) in [5.74, 6) is -2.47. The summed E-state index contributed by atoms with van der Waals surface area (Å²) in [4.78, 5) is 26.3. The Hall–Kier alpha value is -2.70. The van der Waals surface area contributed by atoms with Gasteiger partial charge in [0.1, 0.15) is 17.2 Å². The van der Waals surface area contributed by atoms with Crippen molar-refractivity contribution in [3.8, 4) is 16.8 Å². The van der Waals surface area contributed by atoms with Crippen LogP contribution in [0.4, 0.5) is 8.78 Å². The standard InChI is InChI=1S/C23H17Cl2F2NO3/c1-11-19(12-3-4-12)20(13-5-7-15(24)16(25)9-13)21(23(30)31-2)22(29)28(11)18-8-6-14(26)10-17(18)27/h5-10,12H,3-4H2,1-2H3. The molecule has 160 valence electrons. The molecule has 0 aliphatic heterocycles. The molecule has 0 bridgehead atoms. The molecule has 0 spiro atoms. The first-order chi connectivity index (χ1) is 14.7. The van der Waals surface area contributed by atoms with Crippen molar-refractivity contribution in [2.45, 2.75) is 25.7 Å². The average molecular weight is 464 g/mol. The number of methoxy groups -OCH3 is 1. The third-order valence-electron chi connectivity index (χ3n) is 5.40. The molecular weight excluding hydrogens is 447 g/mol. The third-order valence-corrected chi connectivity index (χ3v) is 6.13. The van der Waals surface area contributed by atoms with Crippen LogP contribution >= 0.6 is 23.2 Å². The van der Waals surface area contributed by atoms with Crippen LogP contribution in [0.5, 0.6) is 0 Å². The van der Waals surface area contributed by atoms with E-state index in [0.717, 1.165) is 29.0 Å². The molecule has 1 aromatic heterocycles. The molecular formula is C23H17Cl2F2NO3. The van der Waals surface area contributed by atoms with Crippen LogP contribution in [0.3, 0.4) is 0 Å². The predicted molar refractivity (Wildman–Crippen MR) is 115 cm³/mol. The molecule has 31 heavy (non-hydrogen) atoms. The fourth-order valence-electron chi connectivity index (χ4n) is 3.87. The molecule has 0 saturated heterocycles. The maximum atomic E-state index is 14.6. The molecule has 1 saturated carbocycles. The molecule has 0 unspecified atom stereocenters. The van der Waals surface area contributed by atoms with Gasteiger partial charge in [-0.25, -0.2) is 13.6 Å². The van der Waals surface area contributed by atoms with Gasteiger partial charge in [0.05, 0.1) is 22.8 Å². The Morgan fingerprint density at radius 3 is 2.39 bits per heavy atom. The highest BCUT2D eigenvalue weighted by molar-refractivity contribution is 6.42. The Labute approximate surface area is 187 Å². The minimum atomic E-state index is -0.912. The largest absolute Gasteiger partial charge is 0.465 e. The van der Waals surface area contributed by atoms with Crippen LogP contribution < -0.4 is 5.56 Å². The molecule has 0 atom stereocenters. The summed E-state index contributed by atoms with van der Waals surface area (Å²) in [5, 5.41) is 0.597. The SMILES string of the molecule is COC(=O)c1c(-c2ccc(Cl)c(Cl)c2)c(C2CC2)c(C)n(-c2ccc(F)cc2F)c1=O. The maximum absolute atomic E-state index is 14.6. The molecule has 0 amide bonds. The van der Waals surface area contributed by atoms with Gasteiger partial charge in [0.2, 0.25) is 0 Å². The summed E-state index contributed by atoms with van der Waals surface area (Å²) >= 11 is 12.3. The number of halogens is 4. The number of benzene rings is 2. The Morgan fingerprint density at radius 1 is 1.10 bits per heavy atom. The summed E-state index contributed by atoms with van der Waals surface area (Å²) in [7, 11) is 1.17. The fraction of sp³-hybridized carbons (Fsp3) is 0.217. The van der Waals surface area contributed by atoms with Gasteiger partial charge in [-0.15, -0.1) is 0 Å². The number of rotatable bonds is 4. The molecule has 0 radical (unpaired) electrons. The van der Waals surface area contributed by atoms with E-state index < -0.39 is 23.2 Å². The number of pyridine rings is 1. The van der Waals surface area contributed by atoms with Crippen LogP contribution in [0.2, 0.25) is 10.0 Å². The zero-order valence-corrected chi connectivity index (χ0v) is 18.2. The lowest BCUT2D eigenvalue weighted by Gasteiger charge is -2.21. The van der Waals surface area contributed by atoms with Crippen molar-refractivity contribution in [3.63, 3.8) is 0 Å². The highest BCUT2D eigenvalue weighted by Gasteiger charge is 2.35. The zero-order chi connectivity index (χ0) is 22.4. The van der Waals surface area contributed by atoms with Crippen molar-refractivity contribution < 1.29 is 18.3 Å². The number of hydrogen-bond donors (Lipinski definition) is 0. The molecule has 1 heterocycles. The Kier molecular flexibility index (Phi) is 5.62. The lowest BCUT2D eigenvalue weighted by atomic mass is 9.91. The number of ether oxygens (including phenoxy) is 1. The lowest BCUT2D eigenvalue weighted by Crippen LogP contribution is -2.31. The highest BCUT2D eigenvalue weighted by atomic mass is 35.5. The normalized spacial score (nSPS) is 13.4. The second kappa shape index (κ2) is 8.09. The molecule has 4 rings (SSSR count). The second-order valence-electron chi connectivity index (χ2n) is 7.38. The lowest BCUT2D eigenvalue weighted by molar-refractivity contribution is 0.0599. The second-order valence-corrected chi connectivity index (χ2v) is 8.19. The summed E-state index contributed by atoms with van der Waals surface area (Å²) < 4.78 is 34.1. The molecule has 2 aromatic carbocycles. The van der Waals surface area contributed by atoms with Gasteiger partial charge >= 0.3 is 5.97 Å². The summed E-state index contributed by atoms with van der Waals surface area (Å²) in [6, 6.07) is 7.77. The van der Waals surface area contributed by atoms with E-state index in [1.54, 1.807) is 25.1 Å². The first-order valence-corrected chi connectivity index (χ1v) is 10.3. The van der Waals surface area contributed by atoms with E-state index in [9.17, 15) is 18.4 Å². The minimum Gasteiger partial charge on any atom is -0.465 e. The Balaban J connectivity index is 2.14. The zero-order valence-electron chi connectivity index (χ0n) is 16.6. The number of aromatic nitrogens is 1. The topological polar surface area (TPSA) is 48.3 Å². The minimum absolute atomic E-state index is 0.0724. The van der Waals surface area contributed by atoms with Crippen molar-refractivity contribution in [2.24, 2.45) is 0 Å². The van der Waals surface area contributed by atoms with Crippen LogP contribution in [0.15, 0.2) is 41.2 Å². The first-order valence-electron chi connectivity index (χ1n) is 9.53. The summed E-state index contributed by atoms with van der Waals surface area (Å²) in [6.45, 7) is 1.68. The summed E-state index contributed by atoms with van der Waals surface area (Å²) in [5.41, 5.74) is 0.973. The van der Waals surface area contributed by atoms with Crippen molar-refractivity contribution in [3.05, 3.63) is 85.3 Å². The molecule has 1 aliphatic carbocycles. The van der Waals surface area contributed by atoms with E-state index in [1.165, 1.54) is 13.2 Å². The van der Waals surface area contributed by atoms with Gasteiger partial charge in [-0.2, -0.15) is 0 Å². The van der Waals surface area contributed by atoms with Gasteiger partial charge in [0, 0.05) is 17.3 Å². The van der Waals surface area contributed by atoms with E-state index in [4.69, 9.17) is 27.9 Å². The van der Waals surface area contributed by atoms with Crippen molar-refractivity contribution in [2.75, 3.05) is 7.11 Å². The van der Waals surface area contributed by atoms with Crippen LogP contribution in [-0.2, 0) is 4.74 Å². The van der Waals surface area contributed by atoms with E-state index in [1.807, 2.05) is 0 Å². The van der Waals surface area contributed by atoms with Gasteiger partial charge in [0.15, 0.2) is 0 Å². The smallest absolute Gasteiger partial charge is 0.344 e. The van der Waals surface area contributed by atoms with Crippen LogP contribution in [0.1, 0.15) is 40.4 Å². The van der Waals surface area contributed by atoms with Crippen LogP contribution in [-0.4, -0.2) is 17.6 Å². The molecule has 4 nitrogen and oxygen atoms in total. The first kappa shape index (κ1) is 21.5. The molecule has 3 aromatic rings. The van der Waals surface area contributed by atoms with Crippen molar-refractivity contribution in [1.29, 1.82) is 0 Å². The molecule has 1 fully saturated rings. The predicted octanol–water partition coefficient (Wildman–Crippen LogP) is 6.06. The number of nitrogens with zero attached hydrogens (tertiary/aromatic N) is 1. The monoisotopic (exact) mass is 463 g/mol. The fourth-order valence-corrected chi connectivity index (χ4v) is 4.17. The van der Waals surface area contributed by atoms with Gasteiger partial charge in [-0.1, -0.05) is 29.3 Å². The summed E-state index contributed by atoms with van der Waals surface area (Å²) in [6.07, 6.45) is 1.69. The van der Waals surface area contributed by atoms with Gasteiger partial charge in [0.25, 0.3) is 5.56 Å². The van der Waals surface area contributed by atoms with Gasteiger partial charge in [-0.3, -0.25) is 9.36 Å². The molecule has 1 aliphatic rings. The van der Waals surface area contributed by atoms with Gasteiger partial charge in [-0.05, 0) is 61.1 Å². The quantitative estimate of drug-likeness (QED) is 0.441. The van der Waals surface area contributed by atoms with E-state index in [-0.39, 0.29) is 22.2 Å². The third kappa shape index (κ3) is 3.75. The van der Waals surface area contributed by atoms with E-state index >= 15 is 0 Å². The number of carbonyl (C=O) groups is 1. The Bertz CT molecular complexity index is 1280. The number of esters is 1. The highest BCUT2D eigenvalue weighted by Crippen LogP contribution is 2.47. The number of carbonyl (C=O) groups excluding carboxylic acids is 1. The van der Waals surface area contributed by atoms with Gasteiger partial charge < -0.3 is 4.74 Å². The van der Waals surface area contributed by atoms with Crippen LogP contribution in [0, 0.1) is 18.6 Å². The molecule has 0 N–H and O–H groups in total. The maximum Gasteiger partial charge on any atom is 0.344 e. The van der Waals surface area contributed by atoms with E-state index in [0.29, 0.717) is 27.9 Å². The number of hydrogen-bond acceptors (Lipinski definition) is 3. The Morgan fingerprint density at radius 2 is 1.81 bits per heavy atom. The average Bonchev–Trinajstić information content (AvgIpc) is 3.55. The van der Waals surface area contributed by atoms with Crippen molar-refractivity contribution >= 4 is 29.2 Å². The van der Waals surface area contributed by atoms with E-state index in [2.05, 4.69) is 0 Å². The van der Waals surface area contributed by atoms with Crippen molar-refractivity contribution in [1.82, 2.24) is 4.57 Å². The van der Waals surface area contributed by atoms with Crippen LogP contribution in [0.25, 0.3) is 16.8 Å².